The largest absolute Gasteiger partial charge is 0.491 e. The molecule has 7 nitrogen and oxygen atoms in total. The van der Waals surface area contributed by atoms with E-state index in [-0.39, 0.29) is 5.88 Å². The minimum absolute atomic E-state index is 0.0168. The summed E-state index contributed by atoms with van der Waals surface area (Å²) in [5.41, 5.74) is -1.00. The van der Waals surface area contributed by atoms with Crippen LogP contribution in [-0.4, -0.2) is 60.2 Å². The van der Waals surface area contributed by atoms with Crippen LogP contribution in [-0.2, 0) is 4.79 Å². The molecule has 0 spiro atoms. The Balaban J connectivity index is 2.40. The summed E-state index contributed by atoms with van der Waals surface area (Å²) in [7, 11) is 1.30. The number of ether oxygens (including phenoxy) is 2. The van der Waals surface area contributed by atoms with Crippen molar-refractivity contribution in [2.75, 3.05) is 26.7 Å². The number of rotatable bonds is 3. The van der Waals surface area contributed by atoms with Crippen molar-refractivity contribution in [2.45, 2.75) is 25.6 Å². The van der Waals surface area contributed by atoms with Gasteiger partial charge in [0.25, 0.3) is 5.91 Å². The number of amides is 1. The van der Waals surface area contributed by atoms with Crippen LogP contribution >= 0.6 is 0 Å². The highest BCUT2D eigenvalue weighted by atomic mass is 19.4. The fraction of sp³-hybridized carbons (Fsp3) is 0.533. The first-order chi connectivity index (χ1) is 11.6. The Hall–Kier alpha value is -2.36. The molecule has 0 bridgehead atoms. The van der Waals surface area contributed by atoms with Crippen molar-refractivity contribution in [3.8, 4) is 11.6 Å². The molecule has 0 unspecified atom stereocenters. The van der Waals surface area contributed by atoms with Gasteiger partial charge in [0.15, 0.2) is 11.4 Å². The quantitative estimate of drug-likeness (QED) is 0.820. The molecule has 1 saturated heterocycles. The Morgan fingerprint density at radius 3 is 2.56 bits per heavy atom. The molecule has 1 aromatic rings. The molecule has 0 atom stereocenters. The van der Waals surface area contributed by atoms with Gasteiger partial charge in [0.2, 0.25) is 5.88 Å². The number of carbonyl (C=O) groups excluding carboxylic acids is 2. The maximum absolute atomic E-state index is 12.8. The SMILES string of the molecule is COc1ccc(OC(=O)C(F)(F)F)c(C(=O)N2CCNCC2(C)C)n1. The lowest BCUT2D eigenvalue weighted by molar-refractivity contribution is -0.189. The van der Waals surface area contributed by atoms with Crippen molar-refractivity contribution >= 4 is 11.9 Å². The van der Waals surface area contributed by atoms with Crippen molar-refractivity contribution in [1.82, 2.24) is 15.2 Å². The highest BCUT2D eigenvalue weighted by Gasteiger charge is 2.43. The summed E-state index contributed by atoms with van der Waals surface area (Å²) >= 11 is 0. The number of alkyl halides is 3. The van der Waals surface area contributed by atoms with Gasteiger partial charge in [-0.2, -0.15) is 13.2 Å². The number of nitrogens with one attached hydrogen (secondary N) is 1. The second-order valence-electron chi connectivity index (χ2n) is 6.03. The molecule has 1 N–H and O–H groups in total. The van der Waals surface area contributed by atoms with Crippen LogP contribution in [0.3, 0.4) is 0 Å². The first-order valence-corrected chi connectivity index (χ1v) is 7.43. The number of hydrogen-bond acceptors (Lipinski definition) is 6. The van der Waals surface area contributed by atoms with Crippen LogP contribution in [0, 0.1) is 0 Å². The fourth-order valence-electron chi connectivity index (χ4n) is 2.42. The number of nitrogens with zero attached hydrogens (tertiary/aromatic N) is 2. The Morgan fingerprint density at radius 1 is 1.32 bits per heavy atom. The third kappa shape index (κ3) is 4.19. The summed E-state index contributed by atoms with van der Waals surface area (Å²) in [6.07, 6.45) is -5.19. The Morgan fingerprint density at radius 2 is 2.00 bits per heavy atom. The number of piperazine rings is 1. The lowest BCUT2D eigenvalue weighted by Crippen LogP contribution is -2.60. The molecule has 0 saturated carbocycles. The summed E-state index contributed by atoms with van der Waals surface area (Å²) < 4.78 is 46.7. The molecule has 1 aliphatic rings. The third-order valence-corrected chi connectivity index (χ3v) is 3.72. The maximum Gasteiger partial charge on any atom is 0.491 e. The van der Waals surface area contributed by atoms with Crippen LogP contribution in [0.4, 0.5) is 13.2 Å². The average molecular weight is 361 g/mol. The van der Waals surface area contributed by atoms with Gasteiger partial charge in [-0.1, -0.05) is 0 Å². The van der Waals surface area contributed by atoms with Crippen molar-refractivity contribution in [1.29, 1.82) is 0 Å². The molecule has 2 heterocycles. The monoisotopic (exact) mass is 361 g/mol. The van der Waals surface area contributed by atoms with Gasteiger partial charge < -0.3 is 19.7 Å². The number of methoxy groups -OCH3 is 1. The van der Waals surface area contributed by atoms with Gasteiger partial charge in [-0.3, -0.25) is 4.79 Å². The lowest BCUT2D eigenvalue weighted by Gasteiger charge is -2.42. The number of esters is 1. The first kappa shape index (κ1) is 19.0. The van der Waals surface area contributed by atoms with Crippen LogP contribution in [0.1, 0.15) is 24.3 Å². The fourth-order valence-corrected chi connectivity index (χ4v) is 2.42. The highest BCUT2D eigenvalue weighted by molar-refractivity contribution is 5.96. The van der Waals surface area contributed by atoms with Crippen LogP contribution in [0.25, 0.3) is 0 Å². The van der Waals surface area contributed by atoms with Gasteiger partial charge in [0.1, 0.15) is 0 Å². The average Bonchev–Trinajstić information content (AvgIpc) is 2.53. The van der Waals surface area contributed by atoms with Gasteiger partial charge in [0.05, 0.1) is 12.6 Å². The number of halogens is 3. The summed E-state index contributed by atoms with van der Waals surface area (Å²) in [5, 5.41) is 3.13. The molecule has 1 aliphatic heterocycles. The van der Waals surface area contributed by atoms with Gasteiger partial charge in [-0.15, -0.1) is 0 Å². The molecule has 0 aliphatic carbocycles. The number of carbonyl (C=O) groups is 2. The van der Waals surface area contributed by atoms with Gasteiger partial charge >= 0.3 is 12.1 Å². The molecule has 10 heteroatoms. The third-order valence-electron chi connectivity index (χ3n) is 3.72. The molecule has 25 heavy (non-hydrogen) atoms. The second kappa shape index (κ2) is 6.87. The molecule has 2 rings (SSSR count). The van der Waals surface area contributed by atoms with Crippen molar-refractivity contribution < 1.29 is 32.2 Å². The zero-order valence-corrected chi connectivity index (χ0v) is 13.9. The standard InChI is InChI=1S/C15H18F3N3O4/c1-14(2)8-19-6-7-21(14)12(22)11-9(4-5-10(20-11)24-3)25-13(23)15(16,17)18/h4-5,19H,6-8H2,1-3H3. The topological polar surface area (TPSA) is 80.8 Å². The van der Waals surface area contributed by atoms with Crippen LogP contribution in [0.15, 0.2) is 12.1 Å². The van der Waals surface area contributed by atoms with E-state index in [1.807, 2.05) is 0 Å². The Kier molecular flexibility index (Phi) is 5.21. The van der Waals surface area contributed by atoms with Crippen molar-refractivity contribution in [3.05, 3.63) is 17.8 Å². The molecular weight excluding hydrogens is 343 g/mol. The first-order valence-electron chi connectivity index (χ1n) is 7.43. The van der Waals surface area contributed by atoms with Crippen molar-refractivity contribution in [3.63, 3.8) is 0 Å². The molecule has 1 amide bonds. The predicted molar refractivity (Wildman–Crippen MR) is 80.5 cm³/mol. The van der Waals surface area contributed by atoms with Crippen molar-refractivity contribution in [2.24, 2.45) is 0 Å². The molecule has 1 fully saturated rings. The van der Waals surface area contributed by atoms with Gasteiger partial charge in [-0.25, -0.2) is 9.78 Å². The second-order valence-corrected chi connectivity index (χ2v) is 6.03. The molecule has 0 radical (unpaired) electrons. The van der Waals surface area contributed by atoms with E-state index < -0.39 is 35.0 Å². The summed E-state index contributed by atoms with van der Waals surface area (Å²) in [4.78, 5) is 29.3. The van der Waals surface area contributed by atoms with E-state index in [0.717, 1.165) is 6.07 Å². The molecule has 138 valence electrons. The van der Waals surface area contributed by atoms with E-state index >= 15 is 0 Å². The number of pyridine rings is 1. The van der Waals surface area contributed by atoms with E-state index in [2.05, 4.69) is 15.0 Å². The molecular formula is C15H18F3N3O4. The van der Waals surface area contributed by atoms with Crippen LogP contribution in [0.5, 0.6) is 11.6 Å². The zero-order valence-electron chi connectivity index (χ0n) is 13.9. The van der Waals surface area contributed by atoms with E-state index in [9.17, 15) is 22.8 Å². The highest BCUT2D eigenvalue weighted by Crippen LogP contribution is 2.28. The summed E-state index contributed by atoms with van der Waals surface area (Å²) in [5.74, 6) is -3.62. The number of aromatic nitrogens is 1. The summed E-state index contributed by atoms with van der Waals surface area (Å²) in [6, 6.07) is 2.26. The van der Waals surface area contributed by atoms with E-state index in [1.165, 1.54) is 18.1 Å². The zero-order chi connectivity index (χ0) is 18.8. The predicted octanol–water partition coefficient (Wildman–Crippen LogP) is 1.38. The Labute approximate surface area is 142 Å². The lowest BCUT2D eigenvalue weighted by atomic mass is 9.99. The summed E-state index contributed by atoms with van der Waals surface area (Å²) in [6.45, 7) is 4.96. The Bertz CT molecular complexity index is 676. The maximum atomic E-state index is 12.8. The smallest absolute Gasteiger partial charge is 0.481 e. The van der Waals surface area contributed by atoms with E-state index in [1.54, 1.807) is 13.8 Å². The minimum Gasteiger partial charge on any atom is -0.481 e. The van der Waals surface area contributed by atoms with E-state index in [0.29, 0.717) is 19.6 Å². The molecule has 1 aromatic heterocycles. The minimum atomic E-state index is -5.19. The van der Waals surface area contributed by atoms with Crippen LogP contribution in [0.2, 0.25) is 0 Å². The molecule has 0 aromatic carbocycles. The van der Waals surface area contributed by atoms with E-state index in [4.69, 9.17) is 4.74 Å². The normalized spacial score (nSPS) is 17.1. The number of hydrogen-bond donors (Lipinski definition) is 1. The van der Waals surface area contributed by atoms with Gasteiger partial charge in [-0.05, 0) is 19.9 Å². The van der Waals surface area contributed by atoms with Crippen LogP contribution < -0.4 is 14.8 Å². The van der Waals surface area contributed by atoms with Gasteiger partial charge in [0, 0.05) is 25.7 Å².